The fourth-order valence-electron chi connectivity index (χ4n) is 3.57. The molecule has 0 radical (unpaired) electrons. The van der Waals surface area contributed by atoms with E-state index in [4.69, 9.17) is 4.74 Å². The third-order valence-corrected chi connectivity index (χ3v) is 4.34. The molecule has 0 spiro atoms. The van der Waals surface area contributed by atoms with Gasteiger partial charge in [-0.3, -0.25) is 19.3 Å². The van der Waals surface area contributed by atoms with Crippen LogP contribution in [0.15, 0.2) is 0 Å². The van der Waals surface area contributed by atoms with Crippen LogP contribution in [0.25, 0.3) is 0 Å². The number of rotatable bonds is 2. The number of Topliss-reactive ketones (excluding diaryl/α,β-unsaturated/α-hetero) is 2. The average Bonchev–Trinajstić information content (AvgIpc) is 2.59. The first-order chi connectivity index (χ1) is 10.0. The van der Waals surface area contributed by atoms with Gasteiger partial charge in [-0.15, -0.1) is 0 Å². The largest absolute Gasteiger partial charge is 0.481 e. The van der Waals surface area contributed by atoms with Gasteiger partial charge in [-0.2, -0.15) is 0 Å². The topological polar surface area (TPSA) is 101 Å². The van der Waals surface area contributed by atoms with Gasteiger partial charge < -0.3 is 9.84 Å². The Morgan fingerprint density at radius 2 is 1.91 bits per heavy atom. The molecule has 1 amide bonds. The Bertz CT molecular complexity index is 549. The van der Waals surface area contributed by atoms with Crippen LogP contribution in [0.5, 0.6) is 0 Å². The molecule has 2 saturated heterocycles. The molecule has 0 aromatic rings. The molecule has 0 saturated carbocycles. The SMILES string of the molecule is CC(=O)[C@@]12CC[C@@H](CC(=O)C1C(=O)O)N2C(=O)OC(C)(C)C. The molecule has 2 heterocycles. The minimum absolute atomic E-state index is 0.0504. The van der Waals surface area contributed by atoms with Crippen molar-refractivity contribution in [1.29, 1.82) is 0 Å². The molecule has 7 heteroatoms. The van der Waals surface area contributed by atoms with E-state index in [0.29, 0.717) is 6.42 Å². The lowest BCUT2D eigenvalue weighted by molar-refractivity contribution is -0.161. The molecule has 1 unspecified atom stereocenters. The fourth-order valence-corrected chi connectivity index (χ4v) is 3.57. The van der Waals surface area contributed by atoms with Crippen LogP contribution in [-0.4, -0.2) is 50.8 Å². The average molecular weight is 311 g/mol. The predicted molar refractivity (Wildman–Crippen MR) is 75.3 cm³/mol. The van der Waals surface area contributed by atoms with Crippen molar-refractivity contribution < 1.29 is 29.0 Å². The van der Waals surface area contributed by atoms with Crippen LogP contribution < -0.4 is 0 Å². The first-order valence-corrected chi connectivity index (χ1v) is 7.29. The van der Waals surface area contributed by atoms with Gasteiger partial charge in [0.2, 0.25) is 0 Å². The molecule has 22 heavy (non-hydrogen) atoms. The van der Waals surface area contributed by atoms with Crippen molar-refractivity contribution in [3.63, 3.8) is 0 Å². The zero-order valence-electron chi connectivity index (χ0n) is 13.2. The lowest BCUT2D eigenvalue weighted by Crippen LogP contribution is -2.66. The number of piperidine rings is 1. The number of hydrogen-bond donors (Lipinski definition) is 1. The van der Waals surface area contributed by atoms with Crippen molar-refractivity contribution in [2.45, 2.75) is 64.1 Å². The zero-order valence-corrected chi connectivity index (χ0v) is 13.2. The molecule has 2 aliphatic rings. The van der Waals surface area contributed by atoms with Crippen molar-refractivity contribution >= 4 is 23.6 Å². The maximum absolute atomic E-state index is 12.5. The Balaban J connectivity index is 2.49. The van der Waals surface area contributed by atoms with Gasteiger partial charge in [-0.1, -0.05) is 0 Å². The van der Waals surface area contributed by atoms with Crippen LogP contribution in [0.1, 0.15) is 47.0 Å². The number of ether oxygens (including phenoxy) is 1. The Morgan fingerprint density at radius 1 is 1.32 bits per heavy atom. The second-order valence-corrected chi connectivity index (χ2v) is 6.96. The Kier molecular flexibility index (Phi) is 3.79. The quantitative estimate of drug-likeness (QED) is 0.773. The number of hydrogen-bond acceptors (Lipinski definition) is 5. The van der Waals surface area contributed by atoms with Crippen molar-refractivity contribution in [2.24, 2.45) is 5.92 Å². The minimum atomic E-state index is -1.62. The maximum atomic E-state index is 12.5. The monoisotopic (exact) mass is 311 g/mol. The van der Waals surface area contributed by atoms with Gasteiger partial charge in [-0.25, -0.2) is 4.79 Å². The van der Waals surface area contributed by atoms with E-state index in [1.165, 1.54) is 11.8 Å². The number of carbonyl (C=O) groups is 4. The molecule has 2 bridgehead atoms. The number of carbonyl (C=O) groups excluding carboxylic acids is 3. The van der Waals surface area contributed by atoms with E-state index in [1.54, 1.807) is 20.8 Å². The second kappa shape index (κ2) is 5.07. The summed E-state index contributed by atoms with van der Waals surface area (Å²) in [5.41, 5.74) is -2.39. The highest BCUT2D eigenvalue weighted by Gasteiger charge is 2.65. The molecule has 122 valence electrons. The van der Waals surface area contributed by atoms with Gasteiger partial charge in [0.25, 0.3) is 0 Å². The number of amides is 1. The highest BCUT2D eigenvalue weighted by molar-refractivity contribution is 6.09. The molecule has 0 aromatic heterocycles. The molecule has 2 fully saturated rings. The van der Waals surface area contributed by atoms with E-state index in [0.717, 1.165) is 0 Å². The van der Waals surface area contributed by atoms with Crippen LogP contribution in [0.2, 0.25) is 0 Å². The number of carboxylic acid groups (broad SMARTS) is 1. The van der Waals surface area contributed by atoms with Gasteiger partial charge in [0.05, 0.1) is 0 Å². The first-order valence-electron chi connectivity index (χ1n) is 7.29. The minimum Gasteiger partial charge on any atom is -0.481 e. The summed E-state index contributed by atoms with van der Waals surface area (Å²) in [6, 6.07) is -0.471. The van der Waals surface area contributed by atoms with Crippen molar-refractivity contribution in [3.05, 3.63) is 0 Å². The van der Waals surface area contributed by atoms with Crippen molar-refractivity contribution in [1.82, 2.24) is 4.90 Å². The summed E-state index contributed by atoms with van der Waals surface area (Å²) < 4.78 is 5.33. The number of ketones is 2. The maximum Gasteiger partial charge on any atom is 0.411 e. The molecule has 2 aliphatic heterocycles. The highest BCUT2D eigenvalue weighted by atomic mass is 16.6. The van der Waals surface area contributed by atoms with Crippen LogP contribution in [-0.2, 0) is 19.1 Å². The van der Waals surface area contributed by atoms with Gasteiger partial charge >= 0.3 is 12.1 Å². The molecular formula is C15H21NO6. The van der Waals surface area contributed by atoms with E-state index in [9.17, 15) is 24.3 Å². The van der Waals surface area contributed by atoms with Gasteiger partial charge in [-0.05, 0) is 40.5 Å². The Morgan fingerprint density at radius 3 is 2.36 bits per heavy atom. The number of carboxylic acids is 1. The number of aliphatic carboxylic acids is 1. The predicted octanol–water partition coefficient (Wildman–Crippen LogP) is 1.39. The summed E-state index contributed by atoms with van der Waals surface area (Å²) in [4.78, 5) is 49.7. The summed E-state index contributed by atoms with van der Waals surface area (Å²) in [6.45, 7) is 6.30. The number of fused-ring (bicyclic) bond motifs is 2. The van der Waals surface area contributed by atoms with Gasteiger partial charge in [0.1, 0.15) is 17.1 Å². The molecular weight excluding hydrogens is 290 g/mol. The summed E-state index contributed by atoms with van der Waals surface area (Å²) in [6.07, 6.45) is -0.182. The van der Waals surface area contributed by atoms with Crippen molar-refractivity contribution in [2.75, 3.05) is 0 Å². The van der Waals surface area contributed by atoms with Crippen LogP contribution in [0, 0.1) is 5.92 Å². The zero-order chi connectivity index (χ0) is 16.9. The lowest BCUT2D eigenvalue weighted by Gasteiger charge is -2.45. The summed E-state index contributed by atoms with van der Waals surface area (Å²) in [5.74, 6) is -3.86. The molecule has 0 aromatic carbocycles. The Labute approximate surface area is 128 Å². The summed E-state index contributed by atoms with van der Waals surface area (Å²) in [5, 5.41) is 9.42. The van der Waals surface area contributed by atoms with Crippen LogP contribution >= 0.6 is 0 Å². The van der Waals surface area contributed by atoms with E-state index < -0.39 is 46.7 Å². The van der Waals surface area contributed by atoms with Crippen LogP contribution in [0.3, 0.4) is 0 Å². The van der Waals surface area contributed by atoms with Gasteiger partial charge in [0, 0.05) is 12.5 Å². The normalized spacial score (nSPS) is 31.1. The lowest BCUT2D eigenvalue weighted by atomic mass is 9.74. The first kappa shape index (κ1) is 16.5. The smallest absolute Gasteiger partial charge is 0.411 e. The second-order valence-electron chi connectivity index (χ2n) is 6.96. The molecule has 0 aliphatic carbocycles. The molecule has 2 rings (SSSR count). The number of nitrogens with zero attached hydrogens (tertiary/aromatic N) is 1. The fraction of sp³-hybridized carbons (Fsp3) is 0.733. The Hall–Kier alpha value is -1.92. The van der Waals surface area contributed by atoms with E-state index in [1.807, 2.05) is 0 Å². The molecule has 3 atom stereocenters. The molecule has 1 N–H and O–H groups in total. The van der Waals surface area contributed by atoms with E-state index >= 15 is 0 Å². The summed E-state index contributed by atoms with van der Waals surface area (Å²) in [7, 11) is 0. The third-order valence-electron chi connectivity index (χ3n) is 4.34. The van der Waals surface area contributed by atoms with Gasteiger partial charge in [0.15, 0.2) is 11.6 Å². The highest BCUT2D eigenvalue weighted by Crippen LogP contribution is 2.47. The molecule has 7 nitrogen and oxygen atoms in total. The van der Waals surface area contributed by atoms with E-state index in [2.05, 4.69) is 0 Å². The van der Waals surface area contributed by atoms with Crippen molar-refractivity contribution in [3.8, 4) is 0 Å². The van der Waals surface area contributed by atoms with Crippen LogP contribution in [0.4, 0.5) is 4.79 Å². The summed E-state index contributed by atoms with van der Waals surface area (Å²) >= 11 is 0. The van der Waals surface area contributed by atoms with E-state index in [-0.39, 0.29) is 12.8 Å². The third kappa shape index (κ3) is 2.38. The standard InChI is InChI=1S/C15H21NO6/c1-8(17)15-6-5-9(7-10(18)11(15)12(19)20)16(15)13(21)22-14(2,3)4/h9,11H,5-7H2,1-4H3,(H,19,20)/t9-,11?,15-/m0/s1.